The van der Waals surface area contributed by atoms with Gasteiger partial charge in [0.15, 0.2) is 0 Å². The average molecular weight is 338 g/mol. The average Bonchev–Trinajstić information content (AvgIpc) is 2.38. The predicted molar refractivity (Wildman–Crippen MR) is 75.6 cm³/mol. The molecular formula is C12H13Cl2NO4S. The number of carbonyl (C=O) groups is 1. The highest BCUT2D eigenvalue weighted by Crippen LogP contribution is 2.33. The summed E-state index contributed by atoms with van der Waals surface area (Å²) in [5, 5.41) is 9.06. The van der Waals surface area contributed by atoms with Crippen molar-refractivity contribution in [1.82, 2.24) is 4.31 Å². The van der Waals surface area contributed by atoms with E-state index in [2.05, 4.69) is 0 Å². The number of hydrogen-bond donors (Lipinski definition) is 1. The van der Waals surface area contributed by atoms with E-state index in [9.17, 15) is 13.2 Å². The first-order chi connectivity index (χ1) is 9.34. The van der Waals surface area contributed by atoms with Gasteiger partial charge in [-0.15, -0.1) is 0 Å². The van der Waals surface area contributed by atoms with Gasteiger partial charge in [-0.25, -0.2) is 8.42 Å². The van der Waals surface area contributed by atoms with Gasteiger partial charge in [0.2, 0.25) is 10.0 Å². The Bertz CT molecular complexity index is 604. The second-order valence-corrected chi connectivity index (χ2v) is 7.26. The molecule has 0 radical (unpaired) electrons. The van der Waals surface area contributed by atoms with Crippen LogP contribution in [0.3, 0.4) is 0 Å². The molecule has 0 saturated carbocycles. The van der Waals surface area contributed by atoms with E-state index in [0.717, 1.165) is 0 Å². The molecule has 2 rings (SSSR count). The Balaban J connectivity index is 2.27. The van der Waals surface area contributed by atoms with Crippen molar-refractivity contribution >= 4 is 39.2 Å². The zero-order valence-electron chi connectivity index (χ0n) is 10.4. The van der Waals surface area contributed by atoms with Gasteiger partial charge in [0, 0.05) is 13.1 Å². The Morgan fingerprint density at radius 1 is 1.20 bits per heavy atom. The van der Waals surface area contributed by atoms with Gasteiger partial charge in [-0.05, 0) is 25.0 Å². The fourth-order valence-corrected chi connectivity index (χ4v) is 4.76. The summed E-state index contributed by atoms with van der Waals surface area (Å²) in [5.74, 6) is -1.39. The Labute approximate surface area is 127 Å². The van der Waals surface area contributed by atoms with E-state index < -0.39 is 21.9 Å². The molecule has 1 aliphatic heterocycles. The normalized spacial score (nSPS) is 18.1. The Morgan fingerprint density at radius 3 is 2.15 bits per heavy atom. The van der Waals surface area contributed by atoms with Crippen molar-refractivity contribution < 1.29 is 18.3 Å². The minimum absolute atomic E-state index is 0.0675. The van der Waals surface area contributed by atoms with E-state index in [1.807, 2.05) is 0 Å². The number of benzene rings is 1. The van der Waals surface area contributed by atoms with Gasteiger partial charge in [-0.2, -0.15) is 4.31 Å². The summed E-state index contributed by atoms with van der Waals surface area (Å²) >= 11 is 11.9. The van der Waals surface area contributed by atoms with Crippen molar-refractivity contribution in [2.75, 3.05) is 13.1 Å². The first-order valence-electron chi connectivity index (χ1n) is 6.01. The summed E-state index contributed by atoms with van der Waals surface area (Å²) in [6, 6.07) is 4.50. The summed E-state index contributed by atoms with van der Waals surface area (Å²) in [6.07, 6.45) is 0.577. The van der Waals surface area contributed by atoms with Crippen LogP contribution in [-0.2, 0) is 14.8 Å². The number of aliphatic carboxylic acids is 1. The highest BCUT2D eigenvalue weighted by atomic mass is 35.5. The van der Waals surface area contributed by atoms with Crippen molar-refractivity contribution in [3.63, 3.8) is 0 Å². The highest BCUT2D eigenvalue weighted by molar-refractivity contribution is 7.89. The second kappa shape index (κ2) is 5.89. The van der Waals surface area contributed by atoms with Crippen molar-refractivity contribution in [2.45, 2.75) is 17.7 Å². The standard InChI is InChI=1S/C12H13Cl2NO4S/c13-9-2-1-3-10(14)11(9)20(18,19)15-6-4-8(5-7-15)12(16)17/h1-3,8H,4-7H2,(H,16,17). The van der Waals surface area contributed by atoms with E-state index in [-0.39, 0.29) is 40.9 Å². The summed E-state index contributed by atoms with van der Waals surface area (Å²) in [4.78, 5) is 10.8. The lowest BCUT2D eigenvalue weighted by molar-refractivity contribution is -0.142. The number of hydrogen-bond acceptors (Lipinski definition) is 3. The van der Waals surface area contributed by atoms with Crippen LogP contribution in [-0.4, -0.2) is 36.9 Å². The number of piperidine rings is 1. The van der Waals surface area contributed by atoms with Crippen LogP contribution in [0.15, 0.2) is 23.1 Å². The zero-order chi connectivity index (χ0) is 14.9. The van der Waals surface area contributed by atoms with E-state index in [4.69, 9.17) is 28.3 Å². The molecule has 1 fully saturated rings. The molecule has 0 amide bonds. The maximum absolute atomic E-state index is 12.5. The Morgan fingerprint density at radius 2 is 1.70 bits per heavy atom. The minimum Gasteiger partial charge on any atom is -0.481 e. The number of sulfonamides is 1. The largest absolute Gasteiger partial charge is 0.481 e. The van der Waals surface area contributed by atoms with Crippen LogP contribution in [0, 0.1) is 5.92 Å². The molecule has 110 valence electrons. The van der Waals surface area contributed by atoms with Crippen molar-refractivity contribution in [3.8, 4) is 0 Å². The molecule has 0 spiro atoms. The van der Waals surface area contributed by atoms with Gasteiger partial charge in [0.1, 0.15) is 4.90 Å². The first-order valence-corrected chi connectivity index (χ1v) is 8.20. The summed E-state index contributed by atoms with van der Waals surface area (Å²) in [7, 11) is -3.80. The lowest BCUT2D eigenvalue weighted by atomic mass is 9.99. The highest BCUT2D eigenvalue weighted by Gasteiger charge is 2.34. The van der Waals surface area contributed by atoms with E-state index in [0.29, 0.717) is 0 Å². The fourth-order valence-electron chi connectivity index (χ4n) is 2.20. The molecule has 0 atom stereocenters. The van der Waals surface area contributed by atoms with Crippen LogP contribution in [0.5, 0.6) is 0 Å². The van der Waals surface area contributed by atoms with Gasteiger partial charge in [-0.1, -0.05) is 29.3 Å². The summed E-state index contributed by atoms with van der Waals surface area (Å²) < 4.78 is 26.3. The first kappa shape index (κ1) is 15.6. The quantitative estimate of drug-likeness (QED) is 0.919. The number of carboxylic acids is 1. The van der Waals surface area contributed by atoms with Crippen LogP contribution < -0.4 is 0 Å². The molecule has 1 aliphatic rings. The molecule has 1 N–H and O–H groups in total. The molecule has 1 aromatic carbocycles. The van der Waals surface area contributed by atoms with Crippen molar-refractivity contribution in [2.24, 2.45) is 5.92 Å². The van der Waals surface area contributed by atoms with Gasteiger partial charge in [0.05, 0.1) is 16.0 Å². The van der Waals surface area contributed by atoms with Gasteiger partial charge >= 0.3 is 5.97 Å². The van der Waals surface area contributed by atoms with Crippen LogP contribution in [0.4, 0.5) is 0 Å². The van der Waals surface area contributed by atoms with Gasteiger partial charge in [-0.3, -0.25) is 4.79 Å². The minimum atomic E-state index is -3.80. The number of halogens is 2. The Hall–Kier alpha value is -0.820. The number of rotatable bonds is 3. The SMILES string of the molecule is O=C(O)C1CCN(S(=O)(=O)c2c(Cl)cccc2Cl)CC1. The molecule has 0 aliphatic carbocycles. The van der Waals surface area contributed by atoms with Crippen molar-refractivity contribution in [3.05, 3.63) is 28.2 Å². The molecule has 0 bridgehead atoms. The summed E-state index contributed by atoms with van der Waals surface area (Å²) in [6.45, 7) is 0.307. The molecule has 0 aromatic heterocycles. The molecule has 0 unspecified atom stereocenters. The third-order valence-corrected chi connectivity index (χ3v) is 6.17. The molecule has 1 aromatic rings. The van der Waals surface area contributed by atoms with Crippen LogP contribution in [0.25, 0.3) is 0 Å². The summed E-state index contributed by atoms with van der Waals surface area (Å²) in [5.41, 5.74) is 0. The third-order valence-electron chi connectivity index (χ3n) is 3.32. The van der Waals surface area contributed by atoms with E-state index in [1.54, 1.807) is 6.07 Å². The van der Waals surface area contributed by atoms with Gasteiger partial charge in [0.25, 0.3) is 0 Å². The molecule has 5 nitrogen and oxygen atoms in total. The molecule has 20 heavy (non-hydrogen) atoms. The van der Waals surface area contributed by atoms with Crippen LogP contribution in [0.1, 0.15) is 12.8 Å². The van der Waals surface area contributed by atoms with Gasteiger partial charge < -0.3 is 5.11 Å². The third kappa shape index (κ3) is 2.93. The topological polar surface area (TPSA) is 74.7 Å². The van der Waals surface area contributed by atoms with Crippen LogP contribution in [0.2, 0.25) is 10.0 Å². The fraction of sp³-hybridized carbons (Fsp3) is 0.417. The zero-order valence-corrected chi connectivity index (χ0v) is 12.7. The lowest BCUT2D eigenvalue weighted by Gasteiger charge is -2.29. The molecule has 8 heteroatoms. The molecular weight excluding hydrogens is 325 g/mol. The van der Waals surface area contributed by atoms with Crippen molar-refractivity contribution in [1.29, 1.82) is 0 Å². The number of nitrogens with zero attached hydrogens (tertiary/aromatic N) is 1. The maximum Gasteiger partial charge on any atom is 0.306 e. The smallest absolute Gasteiger partial charge is 0.306 e. The molecule has 1 saturated heterocycles. The number of carboxylic acid groups (broad SMARTS) is 1. The second-order valence-electron chi connectivity index (χ2n) is 4.57. The monoisotopic (exact) mass is 337 g/mol. The molecule has 1 heterocycles. The van der Waals surface area contributed by atoms with E-state index in [1.165, 1.54) is 16.4 Å². The lowest BCUT2D eigenvalue weighted by Crippen LogP contribution is -2.40. The predicted octanol–water partition coefficient (Wildman–Crippen LogP) is 2.48. The maximum atomic E-state index is 12.5. The Kier molecular flexibility index (Phi) is 4.59. The van der Waals surface area contributed by atoms with Crippen LogP contribution >= 0.6 is 23.2 Å². The van der Waals surface area contributed by atoms with E-state index >= 15 is 0 Å².